The summed E-state index contributed by atoms with van der Waals surface area (Å²) < 4.78 is 0. The normalized spacial score (nSPS) is 19.1. The van der Waals surface area contributed by atoms with Crippen LogP contribution in [0.5, 0.6) is 0 Å². The van der Waals surface area contributed by atoms with Gasteiger partial charge in [-0.25, -0.2) is 0 Å². The monoisotopic (exact) mass is 205 g/mol. The van der Waals surface area contributed by atoms with E-state index in [1.54, 1.807) is 0 Å². The van der Waals surface area contributed by atoms with Gasteiger partial charge in [-0.05, 0) is 30.9 Å². The molecule has 1 unspecified atom stereocenters. The van der Waals surface area contributed by atoms with Gasteiger partial charge in [-0.3, -0.25) is 4.79 Å². The van der Waals surface area contributed by atoms with Crippen molar-refractivity contribution in [2.45, 2.75) is 19.8 Å². The van der Waals surface area contributed by atoms with Crippen LogP contribution < -0.4 is 5.32 Å². The third kappa shape index (κ3) is 2.29. The number of carbonyl (C=O) groups is 1. The highest BCUT2D eigenvalue weighted by molar-refractivity contribution is 5.67. The summed E-state index contributed by atoms with van der Waals surface area (Å²) in [7, 11) is 0. The lowest BCUT2D eigenvalue weighted by Gasteiger charge is -2.25. The van der Waals surface area contributed by atoms with Gasteiger partial charge in [0.05, 0.1) is 6.42 Å². The summed E-state index contributed by atoms with van der Waals surface area (Å²) in [5.41, 5.74) is 3.63. The van der Waals surface area contributed by atoms with Gasteiger partial charge in [0.25, 0.3) is 0 Å². The molecule has 1 heterocycles. The highest BCUT2D eigenvalue weighted by atomic mass is 16.4. The summed E-state index contributed by atoms with van der Waals surface area (Å²) in [4.78, 5) is 10.6. The van der Waals surface area contributed by atoms with Crippen LogP contribution in [0.4, 0.5) is 5.69 Å². The van der Waals surface area contributed by atoms with Gasteiger partial charge in [0.2, 0.25) is 0 Å². The predicted molar refractivity (Wildman–Crippen MR) is 59.1 cm³/mol. The van der Waals surface area contributed by atoms with E-state index >= 15 is 0 Å². The van der Waals surface area contributed by atoms with Gasteiger partial charge in [-0.2, -0.15) is 0 Å². The first-order valence-corrected chi connectivity index (χ1v) is 5.20. The zero-order valence-corrected chi connectivity index (χ0v) is 8.79. The summed E-state index contributed by atoms with van der Waals surface area (Å²) in [5, 5.41) is 12.0. The second-order valence-corrected chi connectivity index (χ2v) is 4.21. The molecule has 0 bridgehead atoms. The zero-order chi connectivity index (χ0) is 10.8. The molecule has 1 aromatic carbocycles. The Labute approximate surface area is 89.1 Å². The van der Waals surface area contributed by atoms with E-state index in [0.29, 0.717) is 0 Å². The van der Waals surface area contributed by atoms with Gasteiger partial charge >= 0.3 is 5.97 Å². The second kappa shape index (κ2) is 3.93. The number of rotatable bonds is 2. The molecule has 3 heteroatoms. The molecular formula is C12H15NO2. The molecular weight excluding hydrogens is 190 g/mol. The highest BCUT2D eigenvalue weighted by Gasteiger charge is 2.20. The molecule has 0 saturated heterocycles. The smallest absolute Gasteiger partial charge is 0.303 e. The van der Waals surface area contributed by atoms with Gasteiger partial charge in [0.1, 0.15) is 0 Å². The number of fused-ring (bicyclic) bond motifs is 1. The number of anilines is 1. The van der Waals surface area contributed by atoms with Crippen LogP contribution in [0.2, 0.25) is 0 Å². The Morgan fingerprint density at radius 2 is 2.40 bits per heavy atom. The molecule has 80 valence electrons. The van der Waals surface area contributed by atoms with Crippen molar-refractivity contribution >= 4 is 11.7 Å². The average Bonchev–Trinajstić information content (AvgIpc) is 2.16. The number of hydrogen-bond acceptors (Lipinski definition) is 2. The van der Waals surface area contributed by atoms with Crippen LogP contribution in [-0.2, 0) is 11.2 Å². The first kappa shape index (κ1) is 10.0. The Morgan fingerprint density at radius 3 is 3.13 bits per heavy atom. The minimum Gasteiger partial charge on any atom is -0.481 e. The summed E-state index contributed by atoms with van der Waals surface area (Å²) in [6.07, 6.45) is 1.12. The molecule has 0 aromatic heterocycles. The van der Waals surface area contributed by atoms with Crippen molar-refractivity contribution in [3.8, 4) is 0 Å². The summed E-state index contributed by atoms with van der Waals surface area (Å²) >= 11 is 0. The SMILES string of the molecule is Cc1ccc2c(c1)CC(CC(=O)O)CN2. The van der Waals surface area contributed by atoms with Crippen LogP contribution in [0, 0.1) is 12.8 Å². The van der Waals surface area contributed by atoms with Crippen molar-refractivity contribution < 1.29 is 9.90 Å². The number of nitrogens with one attached hydrogen (secondary N) is 1. The fourth-order valence-electron chi connectivity index (χ4n) is 2.09. The lowest BCUT2D eigenvalue weighted by molar-refractivity contribution is -0.138. The first-order chi connectivity index (χ1) is 7.15. The number of aliphatic carboxylic acids is 1. The quantitative estimate of drug-likeness (QED) is 0.777. The Morgan fingerprint density at radius 1 is 1.60 bits per heavy atom. The van der Waals surface area contributed by atoms with Crippen molar-refractivity contribution in [2.24, 2.45) is 5.92 Å². The maximum absolute atomic E-state index is 10.6. The van der Waals surface area contributed by atoms with E-state index in [1.165, 1.54) is 11.1 Å². The Balaban J connectivity index is 2.14. The number of hydrogen-bond donors (Lipinski definition) is 2. The topological polar surface area (TPSA) is 49.3 Å². The molecule has 0 radical (unpaired) electrons. The molecule has 0 aliphatic carbocycles. The molecule has 1 aromatic rings. The maximum atomic E-state index is 10.6. The minimum atomic E-state index is -0.710. The molecule has 2 rings (SSSR count). The number of benzene rings is 1. The van der Waals surface area contributed by atoms with Crippen molar-refractivity contribution in [1.82, 2.24) is 0 Å². The van der Waals surface area contributed by atoms with E-state index in [9.17, 15) is 4.79 Å². The molecule has 0 spiro atoms. The second-order valence-electron chi connectivity index (χ2n) is 4.21. The van der Waals surface area contributed by atoms with E-state index in [4.69, 9.17) is 5.11 Å². The van der Waals surface area contributed by atoms with Crippen LogP contribution in [0.1, 0.15) is 17.5 Å². The zero-order valence-electron chi connectivity index (χ0n) is 8.79. The van der Waals surface area contributed by atoms with Crippen LogP contribution in [0.3, 0.4) is 0 Å². The van der Waals surface area contributed by atoms with Crippen LogP contribution >= 0.6 is 0 Å². The van der Waals surface area contributed by atoms with Crippen LogP contribution in [0.25, 0.3) is 0 Å². The van der Waals surface area contributed by atoms with E-state index in [2.05, 4.69) is 30.4 Å². The summed E-state index contributed by atoms with van der Waals surface area (Å²) in [6, 6.07) is 6.28. The average molecular weight is 205 g/mol. The number of carboxylic acids is 1. The molecule has 0 amide bonds. The van der Waals surface area contributed by atoms with Crippen molar-refractivity contribution in [1.29, 1.82) is 0 Å². The van der Waals surface area contributed by atoms with Gasteiger partial charge in [0.15, 0.2) is 0 Å². The van der Waals surface area contributed by atoms with E-state index < -0.39 is 5.97 Å². The van der Waals surface area contributed by atoms with Gasteiger partial charge in [-0.1, -0.05) is 17.7 Å². The van der Waals surface area contributed by atoms with Crippen LogP contribution in [-0.4, -0.2) is 17.6 Å². The van der Waals surface area contributed by atoms with Crippen molar-refractivity contribution in [3.05, 3.63) is 29.3 Å². The first-order valence-electron chi connectivity index (χ1n) is 5.20. The Hall–Kier alpha value is -1.51. The highest BCUT2D eigenvalue weighted by Crippen LogP contribution is 2.26. The molecule has 1 atom stereocenters. The molecule has 15 heavy (non-hydrogen) atoms. The fourth-order valence-corrected chi connectivity index (χ4v) is 2.09. The largest absolute Gasteiger partial charge is 0.481 e. The maximum Gasteiger partial charge on any atom is 0.303 e. The minimum absolute atomic E-state index is 0.219. The molecule has 1 aliphatic heterocycles. The Kier molecular flexibility index (Phi) is 2.62. The van der Waals surface area contributed by atoms with Gasteiger partial charge < -0.3 is 10.4 Å². The standard InChI is InChI=1S/C12H15NO2/c1-8-2-3-11-10(4-8)5-9(7-13-11)6-12(14)15/h2-4,9,13H,5-7H2,1H3,(H,14,15). The molecule has 0 saturated carbocycles. The molecule has 3 nitrogen and oxygen atoms in total. The van der Waals surface area contributed by atoms with E-state index in [-0.39, 0.29) is 12.3 Å². The van der Waals surface area contributed by atoms with Gasteiger partial charge in [-0.15, -0.1) is 0 Å². The van der Waals surface area contributed by atoms with E-state index in [0.717, 1.165) is 18.7 Å². The third-order valence-electron chi connectivity index (χ3n) is 2.81. The Bertz CT molecular complexity index is 387. The molecule has 1 aliphatic rings. The fraction of sp³-hybridized carbons (Fsp3) is 0.417. The van der Waals surface area contributed by atoms with Crippen LogP contribution in [0.15, 0.2) is 18.2 Å². The lowest BCUT2D eigenvalue weighted by Crippen LogP contribution is -2.25. The van der Waals surface area contributed by atoms with Crippen molar-refractivity contribution in [3.63, 3.8) is 0 Å². The molecule has 0 fully saturated rings. The number of aryl methyl sites for hydroxylation is 1. The third-order valence-corrected chi connectivity index (χ3v) is 2.81. The molecule has 2 N–H and O–H groups in total. The van der Waals surface area contributed by atoms with Crippen molar-refractivity contribution in [2.75, 3.05) is 11.9 Å². The van der Waals surface area contributed by atoms with E-state index in [1.807, 2.05) is 0 Å². The predicted octanol–water partition coefficient (Wildman–Crippen LogP) is 2.05. The van der Waals surface area contributed by atoms with Gasteiger partial charge in [0, 0.05) is 12.2 Å². The summed E-state index contributed by atoms with van der Waals surface area (Å²) in [5.74, 6) is -0.491. The lowest BCUT2D eigenvalue weighted by atomic mass is 9.91. The summed E-state index contributed by atoms with van der Waals surface area (Å²) in [6.45, 7) is 2.82. The number of carboxylic acid groups (broad SMARTS) is 1.